The standard InChI is InChI=1S/C18H18N2O.C10H21.C2H6.U/c1-3-5-14-6-4-7-16(10-14)20-12-19-17-11-15(13(2)21)8-9-18(17)20;1-4-6-7-8-9-10(3)5-2;1-2;/h4,6-12H,3,5H2,1-2H3;7,10H,4-6,8-9H2,1-3H3;1-2H3;/q;-1;;. The molecule has 1 atom stereocenters. The summed E-state index contributed by atoms with van der Waals surface area (Å²) in [6.45, 7) is 14.6. The van der Waals surface area contributed by atoms with Crippen molar-refractivity contribution in [2.75, 3.05) is 0 Å². The van der Waals surface area contributed by atoms with Crippen LogP contribution in [0.3, 0.4) is 0 Å². The second-order valence-corrected chi connectivity index (χ2v) is 8.46. The summed E-state index contributed by atoms with van der Waals surface area (Å²) in [5.41, 5.74) is 5.01. The van der Waals surface area contributed by atoms with Crippen LogP contribution in [-0.2, 0) is 6.42 Å². The van der Waals surface area contributed by atoms with Crippen molar-refractivity contribution in [3.05, 3.63) is 66.3 Å². The molecule has 4 heteroatoms. The number of hydrogen-bond acceptors (Lipinski definition) is 2. The van der Waals surface area contributed by atoms with Crippen LogP contribution in [0.2, 0.25) is 0 Å². The topological polar surface area (TPSA) is 34.9 Å². The first-order valence-corrected chi connectivity index (χ1v) is 12.9. The summed E-state index contributed by atoms with van der Waals surface area (Å²) in [4.78, 5) is 15.9. The van der Waals surface area contributed by atoms with Gasteiger partial charge in [0, 0.05) is 42.4 Å². The molecule has 0 aliphatic heterocycles. The number of nitrogens with zero attached hydrogens (tertiary/aromatic N) is 2. The Bertz CT molecular complexity index is 948. The molecule has 1 aromatic heterocycles. The largest absolute Gasteiger partial charge is 0.328 e. The number of unbranched alkanes of at least 4 members (excludes halogenated alkanes) is 3. The molecule has 1 unspecified atom stereocenters. The molecule has 3 nitrogen and oxygen atoms in total. The molecule has 186 valence electrons. The summed E-state index contributed by atoms with van der Waals surface area (Å²) in [7, 11) is 0. The fourth-order valence-electron chi connectivity index (χ4n) is 3.54. The predicted molar refractivity (Wildman–Crippen MR) is 144 cm³/mol. The van der Waals surface area contributed by atoms with Crippen LogP contribution >= 0.6 is 0 Å². The first-order valence-electron chi connectivity index (χ1n) is 12.9. The van der Waals surface area contributed by atoms with E-state index in [0.717, 1.165) is 35.5 Å². The fraction of sp³-hybridized carbons (Fsp3) is 0.500. The van der Waals surface area contributed by atoms with Crippen molar-refractivity contribution in [2.45, 2.75) is 93.4 Å². The van der Waals surface area contributed by atoms with Gasteiger partial charge in [-0.2, -0.15) is 12.8 Å². The fourth-order valence-corrected chi connectivity index (χ4v) is 3.54. The van der Waals surface area contributed by atoms with Crippen LogP contribution in [0.25, 0.3) is 16.7 Å². The van der Waals surface area contributed by atoms with E-state index in [-0.39, 0.29) is 36.9 Å². The molecule has 1 heterocycles. The van der Waals surface area contributed by atoms with Crippen molar-refractivity contribution in [2.24, 2.45) is 5.92 Å². The average molecular weight is 688 g/mol. The summed E-state index contributed by atoms with van der Waals surface area (Å²) in [6.07, 6.45) is 13.1. The van der Waals surface area contributed by atoms with E-state index < -0.39 is 0 Å². The van der Waals surface area contributed by atoms with Gasteiger partial charge in [-0.15, -0.1) is 0 Å². The Morgan fingerprint density at radius 3 is 2.38 bits per heavy atom. The van der Waals surface area contributed by atoms with Crippen LogP contribution in [0, 0.1) is 43.5 Å². The second kappa shape index (κ2) is 18.9. The van der Waals surface area contributed by atoms with Crippen molar-refractivity contribution in [3.63, 3.8) is 0 Å². The van der Waals surface area contributed by atoms with Gasteiger partial charge in [0.25, 0.3) is 0 Å². The van der Waals surface area contributed by atoms with Gasteiger partial charge in [-0.1, -0.05) is 79.4 Å². The van der Waals surface area contributed by atoms with Crippen LogP contribution in [-0.4, -0.2) is 15.3 Å². The number of benzene rings is 2. The van der Waals surface area contributed by atoms with Crippen molar-refractivity contribution in [1.29, 1.82) is 0 Å². The van der Waals surface area contributed by atoms with Crippen LogP contribution in [0.1, 0.15) is 103 Å². The maximum atomic E-state index is 11.4. The quantitative estimate of drug-likeness (QED) is 0.121. The maximum Gasteiger partial charge on any atom is 0.159 e. The summed E-state index contributed by atoms with van der Waals surface area (Å²) in [5.74, 6) is 0.990. The van der Waals surface area contributed by atoms with Crippen LogP contribution in [0.15, 0.2) is 48.8 Å². The molecule has 0 saturated heterocycles. The number of hydrogen-bond donors (Lipinski definition) is 0. The first-order chi connectivity index (χ1) is 16.0. The Labute approximate surface area is 232 Å². The van der Waals surface area contributed by atoms with E-state index in [1.165, 1.54) is 37.7 Å². The van der Waals surface area contributed by atoms with Gasteiger partial charge < -0.3 is 6.42 Å². The van der Waals surface area contributed by atoms with E-state index in [0.29, 0.717) is 5.56 Å². The van der Waals surface area contributed by atoms with Gasteiger partial charge in [-0.3, -0.25) is 9.36 Å². The van der Waals surface area contributed by atoms with Crippen LogP contribution in [0.4, 0.5) is 0 Å². The van der Waals surface area contributed by atoms with Gasteiger partial charge in [0.15, 0.2) is 5.78 Å². The summed E-state index contributed by atoms with van der Waals surface area (Å²) >= 11 is 0. The molecule has 0 aliphatic carbocycles. The minimum atomic E-state index is 0. The Hall–Kier alpha value is -1.37. The number of rotatable bonds is 10. The number of fused-ring (bicyclic) bond motifs is 1. The number of aryl methyl sites for hydroxylation is 1. The molecule has 2 aromatic carbocycles. The summed E-state index contributed by atoms with van der Waals surface area (Å²) in [6, 6.07) is 14.2. The molecule has 0 fully saturated rings. The minimum Gasteiger partial charge on any atom is -0.328 e. The molecule has 0 spiro atoms. The maximum absolute atomic E-state index is 11.4. The van der Waals surface area contributed by atoms with Gasteiger partial charge in [-0.05, 0) is 55.2 Å². The molecule has 34 heavy (non-hydrogen) atoms. The van der Waals surface area contributed by atoms with Crippen molar-refractivity contribution in [3.8, 4) is 5.69 Å². The average Bonchev–Trinajstić information content (AvgIpc) is 3.27. The number of carbonyl (C=O) groups excluding carboxylic acids is 1. The zero-order valence-corrected chi connectivity index (χ0v) is 26.7. The van der Waals surface area contributed by atoms with Gasteiger partial charge in [-0.25, -0.2) is 4.98 Å². The van der Waals surface area contributed by atoms with Crippen LogP contribution in [0.5, 0.6) is 0 Å². The zero-order chi connectivity index (χ0) is 24.6. The third kappa shape index (κ3) is 10.9. The van der Waals surface area contributed by atoms with E-state index in [2.05, 4.69) is 67.9 Å². The Morgan fingerprint density at radius 1 is 1.03 bits per heavy atom. The molecule has 0 aliphatic rings. The first kappa shape index (κ1) is 32.6. The Balaban J connectivity index is 0.000000718. The molecule has 0 saturated carbocycles. The number of aromatic nitrogens is 2. The van der Waals surface area contributed by atoms with Gasteiger partial charge in [0.2, 0.25) is 0 Å². The van der Waals surface area contributed by atoms with Crippen LogP contribution < -0.4 is 0 Å². The van der Waals surface area contributed by atoms with Gasteiger partial charge >= 0.3 is 0 Å². The summed E-state index contributed by atoms with van der Waals surface area (Å²) in [5, 5.41) is 0. The molecule has 0 N–H and O–H groups in total. The SMILES string of the molecule is CC.CCC[CH-]CCC(C)CC.CCCc1cccc(-n2cnc3cc(C(C)=O)ccc32)c1.[U]. The number of Topliss-reactive ketones (excluding diaryl/α,β-unsaturated/α-hetero) is 1. The molecular weight excluding hydrogens is 642 g/mol. The molecule has 0 radical (unpaired) electrons. The van der Waals surface area contributed by atoms with Crippen molar-refractivity contribution in [1.82, 2.24) is 9.55 Å². The van der Waals surface area contributed by atoms with Gasteiger partial charge in [0.05, 0.1) is 11.0 Å². The molecule has 0 bridgehead atoms. The molecule has 0 amide bonds. The van der Waals surface area contributed by atoms with Gasteiger partial charge in [0.1, 0.15) is 6.33 Å². The number of carbonyl (C=O) groups is 1. The van der Waals surface area contributed by atoms with Crippen molar-refractivity contribution >= 4 is 16.8 Å². The third-order valence-corrected chi connectivity index (χ3v) is 5.73. The third-order valence-electron chi connectivity index (χ3n) is 5.73. The zero-order valence-electron chi connectivity index (χ0n) is 22.5. The minimum absolute atomic E-state index is 0. The second-order valence-electron chi connectivity index (χ2n) is 8.46. The monoisotopic (exact) mass is 687 g/mol. The van der Waals surface area contributed by atoms with E-state index in [1.807, 2.05) is 38.4 Å². The predicted octanol–water partition coefficient (Wildman–Crippen LogP) is 9.02. The Morgan fingerprint density at radius 2 is 1.76 bits per heavy atom. The molecule has 3 aromatic rings. The van der Waals surface area contributed by atoms with Crippen molar-refractivity contribution < 1.29 is 35.9 Å². The number of ketones is 1. The van der Waals surface area contributed by atoms with E-state index in [4.69, 9.17) is 0 Å². The number of imidazole rings is 1. The Kier molecular flexibility index (Phi) is 18.1. The molecule has 3 rings (SSSR count). The van der Waals surface area contributed by atoms with E-state index in [1.54, 1.807) is 6.92 Å². The summed E-state index contributed by atoms with van der Waals surface area (Å²) < 4.78 is 2.07. The molecular formula is C30H45N2OU-. The van der Waals surface area contributed by atoms with E-state index >= 15 is 0 Å². The normalized spacial score (nSPS) is 10.9. The van der Waals surface area contributed by atoms with E-state index in [9.17, 15) is 4.79 Å². The smallest absolute Gasteiger partial charge is 0.159 e.